The lowest BCUT2D eigenvalue weighted by atomic mass is 9.97. The van der Waals surface area contributed by atoms with E-state index in [1.54, 1.807) is 34.7 Å². The zero-order valence-electron chi connectivity index (χ0n) is 13.1. The van der Waals surface area contributed by atoms with Crippen molar-refractivity contribution < 1.29 is 4.79 Å². The predicted octanol–water partition coefficient (Wildman–Crippen LogP) is 2.24. The first-order chi connectivity index (χ1) is 11.1. The summed E-state index contributed by atoms with van der Waals surface area (Å²) in [6.07, 6.45) is 5.94. The molecule has 5 nitrogen and oxygen atoms in total. The van der Waals surface area contributed by atoms with Crippen molar-refractivity contribution in [2.24, 2.45) is 7.05 Å². The van der Waals surface area contributed by atoms with Crippen molar-refractivity contribution in [3.8, 4) is 0 Å². The Bertz CT molecular complexity index is 840. The van der Waals surface area contributed by atoms with Gasteiger partial charge in [0.1, 0.15) is 4.83 Å². The van der Waals surface area contributed by atoms with E-state index in [1.807, 2.05) is 0 Å². The number of aryl methyl sites for hydroxylation is 2. The summed E-state index contributed by atoms with van der Waals surface area (Å²) in [5.74, 6) is 0.890. The molecule has 0 saturated carbocycles. The van der Waals surface area contributed by atoms with Gasteiger partial charge in [-0.05, 0) is 37.7 Å². The topological polar surface area (TPSA) is 64.0 Å². The van der Waals surface area contributed by atoms with Crippen LogP contribution < -0.4 is 10.9 Å². The maximum absolute atomic E-state index is 12.8. The Morgan fingerprint density at radius 1 is 1.30 bits per heavy atom. The standard InChI is InChI=1S/C16H19N3O2S2/c1-19-15(21)13-10-4-2-3-5-11(10)23-14(13)18-16(19)22-8-9-6-7-12(20)17-9/h9H,2-8H2,1H3,(H,17,20)/t9-/m0/s1. The number of fused-ring (bicyclic) bond motifs is 3. The second-order valence-corrected chi connectivity index (χ2v) is 8.33. The number of thioether (sulfide) groups is 1. The van der Waals surface area contributed by atoms with Gasteiger partial charge in [-0.15, -0.1) is 11.3 Å². The number of thiophene rings is 1. The number of nitrogens with one attached hydrogen (secondary N) is 1. The molecule has 0 spiro atoms. The molecule has 2 aromatic rings. The Labute approximate surface area is 142 Å². The van der Waals surface area contributed by atoms with Crippen molar-refractivity contribution in [3.63, 3.8) is 0 Å². The molecular weight excluding hydrogens is 330 g/mol. The van der Waals surface area contributed by atoms with Crippen LogP contribution in [-0.2, 0) is 24.7 Å². The fourth-order valence-corrected chi connectivity index (χ4v) is 5.72. The Hall–Kier alpha value is -1.34. The molecule has 1 N–H and O–H groups in total. The minimum Gasteiger partial charge on any atom is -0.353 e. The van der Waals surface area contributed by atoms with Gasteiger partial charge in [0.05, 0.1) is 5.39 Å². The lowest BCUT2D eigenvalue weighted by molar-refractivity contribution is -0.119. The van der Waals surface area contributed by atoms with Crippen molar-refractivity contribution in [3.05, 3.63) is 20.8 Å². The average Bonchev–Trinajstić information content (AvgIpc) is 3.12. The summed E-state index contributed by atoms with van der Waals surface area (Å²) in [6, 6.07) is 0.191. The molecule has 2 aromatic heterocycles. The molecule has 1 saturated heterocycles. The molecule has 122 valence electrons. The van der Waals surface area contributed by atoms with E-state index in [0.717, 1.165) is 40.4 Å². The van der Waals surface area contributed by atoms with Gasteiger partial charge < -0.3 is 5.32 Å². The molecule has 23 heavy (non-hydrogen) atoms. The fourth-order valence-electron chi connectivity index (χ4n) is 3.37. The van der Waals surface area contributed by atoms with Crippen LogP contribution in [0.1, 0.15) is 36.1 Å². The normalized spacial score (nSPS) is 20.7. The van der Waals surface area contributed by atoms with Gasteiger partial charge >= 0.3 is 0 Å². The number of carbonyl (C=O) groups excluding carboxylic acids is 1. The van der Waals surface area contributed by atoms with Gasteiger partial charge in [0, 0.05) is 30.1 Å². The molecule has 4 rings (SSSR count). The van der Waals surface area contributed by atoms with E-state index in [1.165, 1.54) is 23.3 Å². The highest BCUT2D eigenvalue weighted by Gasteiger charge is 2.23. The van der Waals surface area contributed by atoms with Crippen LogP contribution in [0.2, 0.25) is 0 Å². The molecule has 7 heteroatoms. The molecule has 0 aromatic carbocycles. The average molecular weight is 349 g/mol. The highest BCUT2D eigenvalue weighted by atomic mass is 32.2. The smallest absolute Gasteiger partial charge is 0.262 e. The van der Waals surface area contributed by atoms with E-state index in [2.05, 4.69) is 5.32 Å². The largest absolute Gasteiger partial charge is 0.353 e. The summed E-state index contributed by atoms with van der Waals surface area (Å²) in [4.78, 5) is 31.0. The minimum absolute atomic E-state index is 0.0763. The highest BCUT2D eigenvalue weighted by molar-refractivity contribution is 7.99. The number of amides is 1. The van der Waals surface area contributed by atoms with Crippen molar-refractivity contribution in [2.45, 2.75) is 49.7 Å². The molecule has 1 amide bonds. The molecular formula is C16H19N3O2S2. The molecule has 1 aliphatic carbocycles. The van der Waals surface area contributed by atoms with Crippen LogP contribution >= 0.6 is 23.1 Å². The Morgan fingerprint density at radius 3 is 2.91 bits per heavy atom. The number of carbonyl (C=O) groups is 1. The first-order valence-corrected chi connectivity index (χ1v) is 9.87. The number of aromatic nitrogens is 2. The van der Waals surface area contributed by atoms with Gasteiger partial charge in [0.2, 0.25) is 5.91 Å². The summed E-state index contributed by atoms with van der Waals surface area (Å²) < 4.78 is 1.67. The van der Waals surface area contributed by atoms with Gasteiger partial charge in [-0.25, -0.2) is 4.98 Å². The van der Waals surface area contributed by atoms with Crippen LogP contribution in [0.25, 0.3) is 10.2 Å². The first-order valence-electron chi connectivity index (χ1n) is 8.07. The molecule has 3 heterocycles. The molecule has 0 unspecified atom stereocenters. The maximum Gasteiger partial charge on any atom is 0.262 e. The second-order valence-electron chi connectivity index (χ2n) is 6.26. The summed E-state index contributed by atoms with van der Waals surface area (Å²) >= 11 is 3.25. The number of nitrogens with zero attached hydrogens (tertiary/aromatic N) is 2. The minimum atomic E-state index is 0.0763. The highest BCUT2D eigenvalue weighted by Crippen LogP contribution is 2.34. The third-order valence-corrected chi connectivity index (χ3v) is 7.03. The summed E-state index contributed by atoms with van der Waals surface area (Å²) in [5.41, 5.74) is 1.32. The van der Waals surface area contributed by atoms with Gasteiger partial charge in [-0.3, -0.25) is 14.2 Å². The van der Waals surface area contributed by atoms with Crippen LogP contribution in [0.4, 0.5) is 0 Å². The second kappa shape index (κ2) is 5.94. The molecule has 0 bridgehead atoms. The maximum atomic E-state index is 12.8. The van der Waals surface area contributed by atoms with E-state index >= 15 is 0 Å². The van der Waals surface area contributed by atoms with Crippen molar-refractivity contribution in [1.29, 1.82) is 0 Å². The Kier molecular flexibility index (Phi) is 3.93. The molecule has 1 fully saturated rings. The van der Waals surface area contributed by atoms with E-state index in [0.29, 0.717) is 6.42 Å². The van der Waals surface area contributed by atoms with E-state index in [9.17, 15) is 9.59 Å². The molecule has 0 radical (unpaired) electrons. The van der Waals surface area contributed by atoms with Crippen molar-refractivity contribution in [2.75, 3.05) is 5.75 Å². The van der Waals surface area contributed by atoms with Crippen LogP contribution in [0.15, 0.2) is 9.95 Å². The SMILES string of the molecule is Cn1c(SC[C@@H]2CCC(=O)N2)nc2sc3c(c2c1=O)CCCC3. The zero-order chi connectivity index (χ0) is 16.0. The quantitative estimate of drug-likeness (QED) is 0.682. The molecule has 1 aliphatic heterocycles. The third kappa shape index (κ3) is 2.70. The van der Waals surface area contributed by atoms with Crippen LogP contribution in [0.5, 0.6) is 0 Å². The van der Waals surface area contributed by atoms with Crippen LogP contribution in [0.3, 0.4) is 0 Å². The number of hydrogen-bond donors (Lipinski definition) is 1. The lowest BCUT2D eigenvalue weighted by Gasteiger charge is -2.12. The lowest BCUT2D eigenvalue weighted by Crippen LogP contribution is -2.28. The monoisotopic (exact) mass is 349 g/mol. The molecule has 1 atom stereocenters. The number of rotatable bonds is 3. The zero-order valence-corrected chi connectivity index (χ0v) is 14.7. The summed E-state index contributed by atoms with van der Waals surface area (Å²) in [7, 11) is 1.80. The number of hydrogen-bond acceptors (Lipinski definition) is 5. The van der Waals surface area contributed by atoms with Gasteiger partial charge in [-0.2, -0.15) is 0 Å². The van der Waals surface area contributed by atoms with Crippen molar-refractivity contribution in [1.82, 2.24) is 14.9 Å². The summed E-state index contributed by atoms with van der Waals surface area (Å²) in [6.45, 7) is 0. The molecule has 2 aliphatic rings. The van der Waals surface area contributed by atoms with E-state index in [-0.39, 0.29) is 17.5 Å². The van der Waals surface area contributed by atoms with Gasteiger partial charge in [-0.1, -0.05) is 11.8 Å². The fraction of sp³-hybridized carbons (Fsp3) is 0.562. The van der Waals surface area contributed by atoms with Crippen molar-refractivity contribution >= 4 is 39.2 Å². The van der Waals surface area contributed by atoms with Gasteiger partial charge in [0.25, 0.3) is 5.56 Å². The third-order valence-electron chi connectivity index (χ3n) is 4.65. The summed E-state index contributed by atoms with van der Waals surface area (Å²) in [5, 5.41) is 4.55. The Morgan fingerprint density at radius 2 is 2.13 bits per heavy atom. The van der Waals surface area contributed by atoms with Crippen LogP contribution in [-0.4, -0.2) is 27.3 Å². The van der Waals surface area contributed by atoms with E-state index < -0.39 is 0 Å². The van der Waals surface area contributed by atoms with Crippen LogP contribution in [0, 0.1) is 0 Å². The first kappa shape index (κ1) is 15.2. The predicted molar refractivity (Wildman–Crippen MR) is 93.4 cm³/mol. The van der Waals surface area contributed by atoms with E-state index in [4.69, 9.17) is 4.98 Å². The van der Waals surface area contributed by atoms with Gasteiger partial charge in [0.15, 0.2) is 5.16 Å². The Balaban J connectivity index is 1.66.